The van der Waals surface area contributed by atoms with E-state index in [0.717, 1.165) is 64.2 Å². The van der Waals surface area contributed by atoms with E-state index < -0.39 is 48.3 Å². The Labute approximate surface area is 297 Å². The molecule has 4 rings (SSSR count). The van der Waals surface area contributed by atoms with Crippen LogP contribution >= 0.6 is 0 Å². The molecule has 2 N–H and O–H groups in total. The molecule has 2 unspecified atom stereocenters. The van der Waals surface area contributed by atoms with E-state index >= 15 is 17.6 Å². The van der Waals surface area contributed by atoms with Gasteiger partial charge in [0.25, 0.3) is 0 Å². The zero-order valence-electron chi connectivity index (χ0n) is 30.6. The molecule has 0 radical (unpaired) electrons. The molecule has 2 aliphatic rings. The van der Waals surface area contributed by atoms with E-state index in [2.05, 4.69) is 52.2 Å². The summed E-state index contributed by atoms with van der Waals surface area (Å²) < 4.78 is 66.2. The first-order valence-corrected chi connectivity index (χ1v) is 22.0. The van der Waals surface area contributed by atoms with E-state index in [9.17, 15) is 0 Å². The third kappa shape index (κ3) is 8.67. The van der Waals surface area contributed by atoms with Crippen LogP contribution in [0, 0.1) is 34.1 Å². The average molecular weight is 715 g/mol. The van der Waals surface area contributed by atoms with E-state index in [1.54, 1.807) is 0 Å². The van der Waals surface area contributed by atoms with Gasteiger partial charge in [0.2, 0.25) is 0 Å². The summed E-state index contributed by atoms with van der Waals surface area (Å²) in [5.74, 6) is -2.97. The van der Waals surface area contributed by atoms with Crippen LogP contribution in [0.4, 0.5) is 28.9 Å². The van der Waals surface area contributed by atoms with Gasteiger partial charge in [0.05, 0.1) is 0 Å². The van der Waals surface area contributed by atoms with Crippen molar-refractivity contribution in [3.05, 3.63) is 96.1 Å². The number of benzene rings is 2. The van der Waals surface area contributed by atoms with E-state index in [0.29, 0.717) is 13.1 Å². The third-order valence-corrected chi connectivity index (χ3v) is 19.9. The molecule has 7 heteroatoms. The van der Waals surface area contributed by atoms with Gasteiger partial charge in [-0.1, -0.05) is 0 Å². The molecule has 0 amide bonds. The number of nitrogens with one attached hydrogen (secondary N) is 2. The van der Waals surface area contributed by atoms with Crippen molar-refractivity contribution in [3.8, 4) is 0 Å². The maximum atomic E-state index is 17.3. The normalized spacial score (nSPS) is 17.2. The summed E-state index contributed by atoms with van der Waals surface area (Å²) in [6, 6.07) is 5.46. The van der Waals surface area contributed by atoms with Crippen LogP contribution in [0.5, 0.6) is 0 Å². The molecule has 0 heterocycles. The first-order valence-electron chi connectivity index (χ1n) is 18.6. The Kier molecular flexibility index (Phi) is 14.1. The van der Waals surface area contributed by atoms with Crippen LogP contribution in [0.1, 0.15) is 106 Å². The van der Waals surface area contributed by atoms with E-state index in [1.165, 1.54) is 24.3 Å². The summed E-state index contributed by atoms with van der Waals surface area (Å²) in [7, 11) is 0. The Bertz CT molecular complexity index is 1390. The van der Waals surface area contributed by atoms with E-state index in [-0.39, 0.29) is 29.9 Å². The monoisotopic (exact) mass is 714 g/mol. The molecule has 0 bridgehead atoms. The fraction of sp³-hybridized carbons (Fsp3) is 0.524. The quantitative estimate of drug-likeness (QED) is 0.0811. The number of hydrogen-bond donors (Lipinski definition) is 2. The molecule has 49 heavy (non-hydrogen) atoms. The van der Waals surface area contributed by atoms with Gasteiger partial charge in [-0.2, -0.15) is 0 Å². The summed E-state index contributed by atoms with van der Waals surface area (Å²) in [4.78, 5) is 0. The molecule has 0 aliphatic heterocycles. The summed E-state index contributed by atoms with van der Waals surface area (Å²) >= 11 is -4.86. The minimum atomic E-state index is -4.86. The van der Waals surface area contributed by atoms with Crippen LogP contribution in [0.15, 0.2) is 72.9 Å². The Hall–Kier alpha value is -2.57. The predicted octanol–water partition coefficient (Wildman–Crippen LogP) is 12.0. The summed E-state index contributed by atoms with van der Waals surface area (Å²) in [6.45, 7) is 14.0. The molecule has 0 spiro atoms. The van der Waals surface area contributed by atoms with Crippen molar-refractivity contribution in [2.75, 3.05) is 23.7 Å². The maximum absolute atomic E-state index is 17.3. The molecule has 0 fully saturated rings. The van der Waals surface area contributed by atoms with Gasteiger partial charge in [-0.05, 0) is 0 Å². The van der Waals surface area contributed by atoms with Gasteiger partial charge in [-0.15, -0.1) is 0 Å². The van der Waals surface area contributed by atoms with Crippen LogP contribution in [0.3, 0.4) is 0 Å². The van der Waals surface area contributed by atoms with E-state index in [1.807, 2.05) is 48.6 Å². The molecule has 268 valence electrons. The van der Waals surface area contributed by atoms with Gasteiger partial charge in [-0.25, -0.2) is 0 Å². The second kappa shape index (κ2) is 17.6. The molecule has 0 saturated heterocycles. The van der Waals surface area contributed by atoms with Crippen molar-refractivity contribution in [1.82, 2.24) is 0 Å². The van der Waals surface area contributed by atoms with Crippen LogP contribution in [0.2, 0.25) is 8.45 Å². The molecule has 0 aromatic heterocycles. The van der Waals surface area contributed by atoms with Crippen molar-refractivity contribution < 1.29 is 34.2 Å². The number of hydrogen-bond acceptors (Lipinski definition) is 2. The fourth-order valence-electron chi connectivity index (χ4n) is 7.62. The van der Waals surface area contributed by atoms with Gasteiger partial charge in [-0.3, -0.25) is 0 Å². The predicted molar refractivity (Wildman–Crippen MR) is 198 cm³/mol. The summed E-state index contributed by atoms with van der Waals surface area (Å²) in [6.07, 6.45) is 25.3. The fourth-order valence-corrected chi connectivity index (χ4v) is 16.4. The minimum absolute atomic E-state index is 0.0791. The SMILES string of the molecule is CCCCCC(C)(CC)CNc1ccc(F)[c]([Ti]([c]2c(F)ccc(NCC(C)(CC)CCCCC)c2F)([CH]2C=CC=C2)[CH]2C=CC=C2)c1F. The summed E-state index contributed by atoms with van der Waals surface area (Å²) in [5, 5.41) is 6.65. The van der Waals surface area contributed by atoms with E-state index in [4.69, 9.17) is 0 Å². The van der Waals surface area contributed by atoms with Crippen LogP contribution in [0.25, 0.3) is 0 Å². The van der Waals surface area contributed by atoms with Crippen molar-refractivity contribution in [3.63, 3.8) is 0 Å². The number of allylic oxidation sites excluding steroid dienone is 8. The molecule has 2 nitrogen and oxygen atoms in total. The standard InChI is InChI=1S/2C16H24F2N.2C5H5.Ti/c2*1-4-6-7-10-16(3,5-2)12-19-15-9-8-13(17)11-14(15)18;2*1-2-4-5-3-1;/h2*8-9,19H,4-7,10,12H2,1-3H3;2*1-5H;. The molecule has 2 aromatic rings. The Morgan fingerprint density at radius 1 is 0.571 bits per heavy atom. The topological polar surface area (TPSA) is 24.1 Å². The Balaban J connectivity index is 1.88. The van der Waals surface area contributed by atoms with Gasteiger partial charge >= 0.3 is 298 Å². The Morgan fingerprint density at radius 3 is 1.27 bits per heavy atom. The molecular formula is C42H58F4N2Ti. The number of rotatable bonds is 20. The number of halogens is 4. The second-order valence-electron chi connectivity index (χ2n) is 15.0. The van der Waals surface area contributed by atoms with Gasteiger partial charge in [0.15, 0.2) is 0 Å². The Morgan fingerprint density at radius 2 is 0.939 bits per heavy atom. The van der Waals surface area contributed by atoms with Crippen LogP contribution in [-0.4, -0.2) is 13.1 Å². The first kappa shape index (κ1) is 39.2. The van der Waals surface area contributed by atoms with Gasteiger partial charge in [0.1, 0.15) is 0 Å². The molecule has 0 saturated carbocycles. The van der Waals surface area contributed by atoms with Crippen molar-refractivity contribution in [1.29, 1.82) is 0 Å². The second-order valence-corrected chi connectivity index (χ2v) is 21.3. The van der Waals surface area contributed by atoms with Gasteiger partial charge < -0.3 is 0 Å². The van der Waals surface area contributed by atoms with Crippen LogP contribution < -0.4 is 18.4 Å². The van der Waals surface area contributed by atoms with Crippen molar-refractivity contribution in [2.45, 2.75) is 114 Å². The molecular weight excluding hydrogens is 656 g/mol. The summed E-state index contributed by atoms with van der Waals surface area (Å²) in [5.41, 5.74) is 0.202. The van der Waals surface area contributed by atoms with Gasteiger partial charge in [0, 0.05) is 0 Å². The zero-order valence-corrected chi connectivity index (χ0v) is 32.1. The van der Waals surface area contributed by atoms with Crippen molar-refractivity contribution >= 4 is 19.1 Å². The molecule has 2 atom stereocenters. The zero-order chi connectivity index (χ0) is 35.7. The molecule has 2 aromatic carbocycles. The number of unbranched alkanes of at least 4 members (excludes halogenated alkanes) is 4. The number of anilines is 2. The van der Waals surface area contributed by atoms with Crippen LogP contribution in [-0.2, 0) is 16.6 Å². The molecule has 2 aliphatic carbocycles. The van der Waals surface area contributed by atoms with Crippen molar-refractivity contribution in [2.24, 2.45) is 10.8 Å². The third-order valence-electron chi connectivity index (χ3n) is 11.4. The average Bonchev–Trinajstić information content (AvgIpc) is 3.83. The first-order chi connectivity index (χ1) is 23.5.